The van der Waals surface area contributed by atoms with Gasteiger partial charge in [0.25, 0.3) is 10.6 Å². The summed E-state index contributed by atoms with van der Waals surface area (Å²) < 4.78 is 53.3. The molecule has 8 nitrogen and oxygen atoms in total. The van der Waals surface area contributed by atoms with Crippen LogP contribution in [0.3, 0.4) is 0 Å². The lowest BCUT2D eigenvalue weighted by Crippen LogP contribution is -2.53. The van der Waals surface area contributed by atoms with Crippen LogP contribution in [0.2, 0.25) is 0 Å². The van der Waals surface area contributed by atoms with Crippen molar-refractivity contribution in [3.05, 3.63) is 73.7 Å². The number of benzene rings is 1. The fraction of sp³-hybridized carbons (Fsp3) is 0.476. The van der Waals surface area contributed by atoms with Gasteiger partial charge in [0.1, 0.15) is 24.1 Å². The van der Waals surface area contributed by atoms with Crippen LogP contribution in [0.4, 0.5) is 13.2 Å². The fourth-order valence-corrected chi connectivity index (χ4v) is 3.85. The molecule has 1 aliphatic rings. The Bertz CT molecular complexity index is 1050. The third-order valence-electron chi connectivity index (χ3n) is 5.25. The van der Waals surface area contributed by atoms with Crippen LogP contribution < -0.4 is 10.3 Å². The summed E-state index contributed by atoms with van der Waals surface area (Å²) in [5.41, 5.74) is -1.60. The molecule has 32 heavy (non-hydrogen) atoms. The van der Waals surface area contributed by atoms with Gasteiger partial charge in [0.05, 0.1) is 11.6 Å². The normalized spacial score (nSPS) is 19.7. The molecule has 0 radical (unpaired) electrons. The third-order valence-corrected chi connectivity index (χ3v) is 5.25. The Morgan fingerprint density at radius 1 is 1.25 bits per heavy atom. The molecule has 0 saturated heterocycles. The molecule has 2 atom stereocenters. The lowest BCUT2D eigenvalue weighted by Gasteiger charge is -2.45. The minimum Gasteiger partial charge on any atom is -0.485 e. The summed E-state index contributed by atoms with van der Waals surface area (Å²) in [4.78, 5) is 27.5. The van der Waals surface area contributed by atoms with E-state index in [9.17, 15) is 28.1 Å². The molecule has 0 unspecified atom stereocenters. The van der Waals surface area contributed by atoms with Crippen LogP contribution in [0.25, 0.3) is 0 Å². The molecule has 2 heterocycles. The molecule has 11 heteroatoms. The number of rotatable bonds is 7. The highest BCUT2D eigenvalue weighted by Crippen LogP contribution is 2.45. The summed E-state index contributed by atoms with van der Waals surface area (Å²) in [6.45, 7) is 5.27. The maximum atomic E-state index is 13.4. The van der Waals surface area contributed by atoms with Crippen molar-refractivity contribution in [3.8, 4) is 5.75 Å². The van der Waals surface area contributed by atoms with Gasteiger partial charge in [-0.15, -0.1) is 10.1 Å². The van der Waals surface area contributed by atoms with E-state index in [1.54, 1.807) is 26.8 Å². The van der Waals surface area contributed by atoms with Crippen molar-refractivity contribution in [2.45, 2.75) is 51.1 Å². The molecular formula is C21H23F3N2O6. The Labute approximate surface area is 181 Å². The highest BCUT2D eigenvalue weighted by molar-refractivity contribution is 5.44. The molecule has 1 aliphatic heterocycles. The molecule has 0 saturated carbocycles. The van der Waals surface area contributed by atoms with Crippen molar-refractivity contribution < 1.29 is 32.6 Å². The first-order valence-corrected chi connectivity index (χ1v) is 9.94. The predicted molar refractivity (Wildman–Crippen MR) is 107 cm³/mol. The Kier molecular flexibility index (Phi) is 6.49. The lowest BCUT2D eigenvalue weighted by molar-refractivity contribution is -0.757. The summed E-state index contributed by atoms with van der Waals surface area (Å²) in [6, 6.07) is 5.14. The molecule has 0 N–H and O–H groups in total. The molecule has 0 amide bonds. The highest BCUT2D eigenvalue weighted by Gasteiger charge is 2.46. The average Bonchev–Trinajstić information content (AvgIpc) is 2.68. The SMILES string of the molecule is CCO[C@H]1[C@H](n2ccc(CCO[N+](=O)[O-])cc2=O)c2cc(C(F)(F)F)ccc2OC1(C)C. The maximum Gasteiger partial charge on any atom is 0.416 e. The Balaban J connectivity index is 2.09. The smallest absolute Gasteiger partial charge is 0.416 e. The molecule has 3 rings (SSSR count). The van der Waals surface area contributed by atoms with Gasteiger partial charge in [-0.05, 0) is 57.0 Å². The van der Waals surface area contributed by atoms with E-state index in [0.717, 1.165) is 12.1 Å². The van der Waals surface area contributed by atoms with Crippen LogP contribution in [0, 0.1) is 10.1 Å². The highest BCUT2D eigenvalue weighted by atomic mass is 19.4. The number of hydrogen-bond donors (Lipinski definition) is 0. The predicted octanol–water partition coefficient (Wildman–Crippen LogP) is 3.78. The van der Waals surface area contributed by atoms with Gasteiger partial charge in [-0.3, -0.25) is 4.79 Å². The monoisotopic (exact) mass is 456 g/mol. The number of fused-ring (bicyclic) bond motifs is 1. The summed E-state index contributed by atoms with van der Waals surface area (Å²) in [6.07, 6.45) is -3.75. The second-order valence-electron chi connectivity index (χ2n) is 7.86. The molecular weight excluding hydrogens is 433 g/mol. The number of ether oxygens (including phenoxy) is 2. The molecule has 0 spiro atoms. The van der Waals surface area contributed by atoms with E-state index >= 15 is 0 Å². The van der Waals surface area contributed by atoms with Gasteiger partial charge in [-0.2, -0.15) is 13.2 Å². The van der Waals surface area contributed by atoms with Crippen LogP contribution in [0.5, 0.6) is 5.75 Å². The van der Waals surface area contributed by atoms with E-state index in [1.807, 2.05) is 0 Å². The average molecular weight is 456 g/mol. The molecule has 0 bridgehead atoms. The van der Waals surface area contributed by atoms with Gasteiger partial charge in [-0.25, -0.2) is 0 Å². The molecule has 2 aromatic rings. The van der Waals surface area contributed by atoms with Crippen LogP contribution in [-0.2, 0) is 22.2 Å². The topological polar surface area (TPSA) is 92.8 Å². The zero-order chi connectivity index (χ0) is 23.7. The zero-order valence-electron chi connectivity index (χ0n) is 17.7. The number of halogens is 3. The van der Waals surface area contributed by atoms with Gasteiger partial charge in [0.15, 0.2) is 0 Å². The fourth-order valence-electron chi connectivity index (χ4n) is 3.85. The summed E-state index contributed by atoms with van der Waals surface area (Å²) >= 11 is 0. The molecule has 174 valence electrons. The van der Waals surface area contributed by atoms with Crippen LogP contribution >= 0.6 is 0 Å². The first-order valence-electron chi connectivity index (χ1n) is 9.94. The van der Waals surface area contributed by atoms with E-state index in [2.05, 4.69) is 4.84 Å². The number of pyridine rings is 1. The molecule has 0 fully saturated rings. The largest absolute Gasteiger partial charge is 0.485 e. The van der Waals surface area contributed by atoms with Crippen molar-refractivity contribution >= 4 is 0 Å². The van der Waals surface area contributed by atoms with Crippen molar-refractivity contribution in [2.75, 3.05) is 13.2 Å². The van der Waals surface area contributed by atoms with E-state index in [4.69, 9.17) is 9.47 Å². The van der Waals surface area contributed by atoms with Gasteiger partial charge < -0.3 is 18.9 Å². The van der Waals surface area contributed by atoms with Crippen molar-refractivity contribution in [2.24, 2.45) is 0 Å². The van der Waals surface area contributed by atoms with Gasteiger partial charge in [-0.1, -0.05) is 0 Å². The van der Waals surface area contributed by atoms with Crippen LogP contribution in [0.15, 0.2) is 41.3 Å². The zero-order valence-corrected chi connectivity index (χ0v) is 17.7. The number of alkyl halides is 3. The molecule has 1 aromatic carbocycles. The molecule has 1 aromatic heterocycles. The minimum atomic E-state index is -4.57. The van der Waals surface area contributed by atoms with Gasteiger partial charge in [0, 0.05) is 24.4 Å². The maximum absolute atomic E-state index is 13.4. The second-order valence-corrected chi connectivity index (χ2v) is 7.86. The first-order chi connectivity index (χ1) is 14.9. The first kappa shape index (κ1) is 23.6. The van der Waals surface area contributed by atoms with Crippen LogP contribution in [0.1, 0.15) is 43.5 Å². The lowest BCUT2D eigenvalue weighted by atomic mass is 9.85. The number of hydrogen-bond acceptors (Lipinski definition) is 6. The third kappa shape index (κ3) is 4.87. The second kappa shape index (κ2) is 8.81. The number of aromatic nitrogens is 1. The Morgan fingerprint density at radius 2 is 1.97 bits per heavy atom. The van der Waals surface area contributed by atoms with E-state index in [0.29, 0.717) is 5.56 Å². The van der Waals surface area contributed by atoms with Crippen LogP contribution in [-0.4, -0.2) is 34.6 Å². The summed E-state index contributed by atoms with van der Waals surface area (Å²) in [7, 11) is 0. The standard InChI is InChI=1S/C21H23F3N2O6/c1-4-30-19-18(25-9-7-13(11-17(25)27)8-10-31-26(28)29)15-12-14(21(22,23)24)5-6-16(15)32-20(19,2)3/h5-7,9,11-12,18-19H,4,8,10H2,1-3H3/t18-,19+/m1/s1. The van der Waals surface area contributed by atoms with E-state index in [1.165, 1.54) is 22.9 Å². The number of nitrogens with zero attached hydrogens (tertiary/aromatic N) is 2. The van der Waals surface area contributed by atoms with Crippen molar-refractivity contribution in [1.29, 1.82) is 0 Å². The van der Waals surface area contributed by atoms with Gasteiger partial charge >= 0.3 is 6.18 Å². The quantitative estimate of drug-likeness (QED) is 0.465. The van der Waals surface area contributed by atoms with Gasteiger partial charge in [0.2, 0.25) is 0 Å². The Hall–Kier alpha value is -3.08. The summed E-state index contributed by atoms with van der Waals surface area (Å²) in [5.74, 6) is 0.235. The molecule has 0 aliphatic carbocycles. The van der Waals surface area contributed by atoms with Crippen molar-refractivity contribution in [3.63, 3.8) is 0 Å². The van der Waals surface area contributed by atoms with Crippen molar-refractivity contribution in [1.82, 2.24) is 4.57 Å². The van der Waals surface area contributed by atoms with E-state index < -0.39 is 40.1 Å². The summed E-state index contributed by atoms with van der Waals surface area (Å²) in [5, 5.41) is 9.38. The van der Waals surface area contributed by atoms with E-state index in [-0.39, 0.29) is 30.9 Å². The minimum absolute atomic E-state index is 0.125. The Morgan fingerprint density at radius 3 is 2.56 bits per heavy atom.